The molecular formula is C23H38O3. The lowest BCUT2D eigenvalue weighted by Gasteiger charge is -2.63. The van der Waals surface area contributed by atoms with E-state index in [1.54, 1.807) is 0 Å². The first kappa shape index (κ1) is 18.9. The Morgan fingerprint density at radius 1 is 1.04 bits per heavy atom. The van der Waals surface area contributed by atoms with Crippen molar-refractivity contribution in [1.29, 1.82) is 0 Å². The number of hydrogen-bond acceptors (Lipinski definition) is 3. The summed E-state index contributed by atoms with van der Waals surface area (Å²) in [5, 5.41) is 21.7. The molecule has 4 aliphatic rings. The maximum atomic E-state index is 13.3. The topological polar surface area (TPSA) is 57.5 Å². The van der Waals surface area contributed by atoms with E-state index in [2.05, 4.69) is 27.7 Å². The van der Waals surface area contributed by atoms with Gasteiger partial charge in [-0.05, 0) is 74.0 Å². The van der Waals surface area contributed by atoms with E-state index >= 15 is 0 Å². The number of aliphatic hydroxyl groups is 2. The summed E-state index contributed by atoms with van der Waals surface area (Å²) in [5.74, 6) is 2.88. The van der Waals surface area contributed by atoms with Crippen LogP contribution in [-0.4, -0.2) is 27.7 Å². The van der Waals surface area contributed by atoms with Crippen LogP contribution in [0.1, 0.15) is 85.5 Å². The van der Waals surface area contributed by atoms with Crippen molar-refractivity contribution in [3.63, 3.8) is 0 Å². The van der Waals surface area contributed by atoms with Gasteiger partial charge in [0.1, 0.15) is 5.78 Å². The number of carbonyl (C=O) groups excluding carboxylic acids is 1. The predicted octanol–water partition coefficient (Wildman–Crippen LogP) is 4.35. The quantitative estimate of drug-likeness (QED) is 0.768. The van der Waals surface area contributed by atoms with Crippen LogP contribution in [0.5, 0.6) is 0 Å². The number of aliphatic hydroxyl groups excluding tert-OH is 1. The SMILES string of the molecule is CCC1C(=O)[C@@]2(C)CC[C@@H]3[C@@H](CCC4(O)CC(O)CC[C@]34C)[C@@H]2C1CC. The van der Waals surface area contributed by atoms with E-state index in [9.17, 15) is 15.0 Å². The van der Waals surface area contributed by atoms with Crippen LogP contribution in [0.3, 0.4) is 0 Å². The molecule has 4 unspecified atom stereocenters. The van der Waals surface area contributed by atoms with Gasteiger partial charge >= 0.3 is 0 Å². The van der Waals surface area contributed by atoms with Gasteiger partial charge in [0.25, 0.3) is 0 Å². The first-order valence-corrected chi connectivity index (χ1v) is 11.2. The Kier molecular flexibility index (Phi) is 4.40. The van der Waals surface area contributed by atoms with E-state index in [0.29, 0.717) is 35.9 Å². The van der Waals surface area contributed by atoms with Crippen LogP contribution < -0.4 is 0 Å². The van der Waals surface area contributed by atoms with Crippen LogP contribution in [0.25, 0.3) is 0 Å². The smallest absolute Gasteiger partial charge is 0.142 e. The van der Waals surface area contributed by atoms with Gasteiger partial charge < -0.3 is 10.2 Å². The number of rotatable bonds is 2. The highest BCUT2D eigenvalue weighted by atomic mass is 16.3. The monoisotopic (exact) mass is 362 g/mol. The Labute approximate surface area is 158 Å². The molecule has 148 valence electrons. The average Bonchev–Trinajstić information content (AvgIpc) is 2.83. The lowest BCUT2D eigenvalue weighted by atomic mass is 9.43. The van der Waals surface area contributed by atoms with Crippen LogP contribution in [0.2, 0.25) is 0 Å². The minimum atomic E-state index is -0.714. The highest BCUT2D eigenvalue weighted by molar-refractivity contribution is 5.90. The van der Waals surface area contributed by atoms with Gasteiger partial charge in [-0.2, -0.15) is 0 Å². The molecule has 9 atom stereocenters. The molecule has 26 heavy (non-hydrogen) atoms. The van der Waals surface area contributed by atoms with E-state index in [1.807, 2.05) is 0 Å². The molecule has 0 aliphatic heterocycles. The van der Waals surface area contributed by atoms with Crippen molar-refractivity contribution in [2.24, 2.45) is 40.4 Å². The number of Topliss-reactive ketones (excluding diaryl/α,β-unsaturated/α-hetero) is 1. The molecule has 0 heterocycles. The zero-order chi connectivity index (χ0) is 18.9. The molecule has 0 aromatic heterocycles. The van der Waals surface area contributed by atoms with Crippen molar-refractivity contribution in [1.82, 2.24) is 0 Å². The van der Waals surface area contributed by atoms with E-state index < -0.39 is 5.60 Å². The van der Waals surface area contributed by atoms with Gasteiger partial charge in [0.2, 0.25) is 0 Å². The summed E-state index contributed by atoms with van der Waals surface area (Å²) in [5.41, 5.74) is -0.946. The maximum Gasteiger partial charge on any atom is 0.142 e. The minimum Gasteiger partial charge on any atom is -0.393 e. The van der Waals surface area contributed by atoms with Gasteiger partial charge in [0, 0.05) is 17.8 Å². The summed E-state index contributed by atoms with van der Waals surface area (Å²) >= 11 is 0. The van der Waals surface area contributed by atoms with Gasteiger partial charge in [0.15, 0.2) is 0 Å². The lowest BCUT2D eigenvalue weighted by Crippen LogP contribution is -2.63. The molecule has 0 bridgehead atoms. The molecule has 4 aliphatic carbocycles. The van der Waals surface area contributed by atoms with Crippen LogP contribution in [0.4, 0.5) is 0 Å². The van der Waals surface area contributed by atoms with Gasteiger partial charge in [-0.3, -0.25) is 4.79 Å². The molecule has 0 radical (unpaired) electrons. The third-order valence-corrected chi connectivity index (χ3v) is 9.82. The van der Waals surface area contributed by atoms with Gasteiger partial charge in [-0.25, -0.2) is 0 Å². The van der Waals surface area contributed by atoms with E-state index in [-0.39, 0.29) is 22.9 Å². The van der Waals surface area contributed by atoms with Crippen molar-refractivity contribution in [3.8, 4) is 0 Å². The summed E-state index contributed by atoms with van der Waals surface area (Å²) < 4.78 is 0. The normalized spacial score (nSPS) is 56.6. The average molecular weight is 363 g/mol. The molecular weight excluding hydrogens is 324 g/mol. The molecule has 2 N–H and O–H groups in total. The van der Waals surface area contributed by atoms with E-state index in [4.69, 9.17) is 0 Å². The molecule has 3 heteroatoms. The second-order valence-corrected chi connectivity index (χ2v) is 10.6. The Morgan fingerprint density at radius 3 is 2.42 bits per heavy atom. The van der Waals surface area contributed by atoms with Crippen LogP contribution in [0, 0.1) is 40.4 Å². The zero-order valence-corrected chi connectivity index (χ0v) is 17.1. The molecule has 4 fully saturated rings. The van der Waals surface area contributed by atoms with Crippen molar-refractivity contribution >= 4 is 5.78 Å². The predicted molar refractivity (Wildman–Crippen MR) is 103 cm³/mol. The molecule has 0 amide bonds. The summed E-state index contributed by atoms with van der Waals surface area (Å²) in [6.07, 6.45) is 7.93. The number of hydrogen-bond donors (Lipinski definition) is 2. The first-order valence-electron chi connectivity index (χ1n) is 11.2. The molecule has 0 aromatic rings. The molecule has 4 saturated carbocycles. The lowest BCUT2D eigenvalue weighted by molar-refractivity contribution is -0.220. The fourth-order valence-electron chi connectivity index (χ4n) is 8.45. The maximum absolute atomic E-state index is 13.3. The van der Waals surface area contributed by atoms with Gasteiger partial charge in [-0.1, -0.05) is 34.1 Å². The van der Waals surface area contributed by atoms with E-state index in [1.165, 1.54) is 0 Å². The summed E-state index contributed by atoms with van der Waals surface area (Å²) in [6, 6.07) is 0. The standard InChI is InChI=1S/C23H38O3/c1-5-15-16(6-2)20(25)21(3)10-9-18-17(19(15)21)8-12-23(26)13-14(24)7-11-22(18,23)4/h14-19,24,26H,5-13H2,1-4H3/t14?,15?,16?,17-,18-,19+,21+,22-,23?/m1/s1. The van der Waals surface area contributed by atoms with Crippen LogP contribution in [-0.2, 0) is 4.79 Å². The fraction of sp³-hybridized carbons (Fsp3) is 0.957. The number of ketones is 1. The Morgan fingerprint density at radius 2 is 1.77 bits per heavy atom. The molecule has 0 saturated heterocycles. The zero-order valence-electron chi connectivity index (χ0n) is 17.1. The molecule has 4 rings (SSSR count). The number of carbonyl (C=O) groups is 1. The Balaban J connectivity index is 1.72. The van der Waals surface area contributed by atoms with Crippen molar-refractivity contribution < 1.29 is 15.0 Å². The summed E-state index contributed by atoms with van der Waals surface area (Å²) in [7, 11) is 0. The summed E-state index contributed by atoms with van der Waals surface area (Å²) in [4.78, 5) is 13.3. The third kappa shape index (κ3) is 2.22. The second kappa shape index (κ2) is 6.04. The van der Waals surface area contributed by atoms with Crippen LogP contribution in [0.15, 0.2) is 0 Å². The largest absolute Gasteiger partial charge is 0.393 e. The van der Waals surface area contributed by atoms with Crippen LogP contribution >= 0.6 is 0 Å². The Bertz CT molecular complexity index is 588. The number of fused-ring (bicyclic) bond motifs is 5. The molecule has 0 aromatic carbocycles. The van der Waals surface area contributed by atoms with Crippen molar-refractivity contribution in [2.75, 3.05) is 0 Å². The summed E-state index contributed by atoms with van der Waals surface area (Å²) in [6.45, 7) is 9.02. The third-order valence-electron chi connectivity index (χ3n) is 9.82. The van der Waals surface area contributed by atoms with Gasteiger partial charge in [0.05, 0.1) is 11.7 Å². The van der Waals surface area contributed by atoms with Crippen molar-refractivity contribution in [2.45, 2.75) is 97.2 Å². The Hall–Kier alpha value is -0.410. The second-order valence-electron chi connectivity index (χ2n) is 10.6. The molecule has 3 nitrogen and oxygen atoms in total. The highest BCUT2D eigenvalue weighted by Crippen LogP contribution is 2.68. The molecule has 0 spiro atoms. The van der Waals surface area contributed by atoms with Crippen molar-refractivity contribution in [3.05, 3.63) is 0 Å². The minimum absolute atomic E-state index is 0.0951. The fourth-order valence-corrected chi connectivity index (χ4v) is 8.45. The van der Waals surface area contributed by atoms with Gasteiger partial charge in [-0.15, -0.1) is 0 Å². The van der Waals surface area contributed by atoms with E-state index in [0.717, 1.165) is 51.4 Å². The highest BCUT2D eigenvalue weighted by Gasteiger charge is 2.67. The first-order chi connectivity index (χ1) is 12.2.